The number of aromatic nitrogens is 3. The minimum atomic E-state index is -0.264. The van der Waals surface area contributed by atoms with Crippen LogP contribution in [0.25, 0.3) is 0 Å². The highest BCUT2D eigenvalue weighted by molar-refractivity contribution is 5.44. The molecule has 0 fully saturated rings. The lowest BCUT2D eigenvalue weighted by Gasteiger charge is -2.12. The van der Waals surface area contributed by atoms with Gasteiger partial charge in [-0.1, -0.05) is 18.2 Å². The lowest BCUT2D eigenvalue weighted by Crippen LogP contribution is -2.03. The summed E-state index contributed by atoms with van der Waals surface area (Å²) in [5.41, 5.74) is 1.90. The second kappa shape index (κ2) is 7.45. The highest BCUT2D eigenvalue weighted by Crippen LogP contribution is 2.29. The van der Waals surface area contributed by atoms with Crippen molar-refractivity contribution in [3.8, 4) is 11.5 Å². The molecule has 0 spiro atoms. The summed E-state index contributed by atoms with van der Waals surface area (Å²) in [5.74, 6) is 1.60. The predicted octanol–water partition coefficient (Wildman–Crippen LogP) is 3.14. The highest BCUT2D eigenvalue weighted by Gasteiger charge is 2.07. The number of hydrogen-bond donors (Lipinski definition) is 2. The number of H-pyrrole nitrogens is 1. The zero-order valence-electron chi connectivity index (χ0n) is 13.1. The van der Waals surface area contributed by atoms with Gasteiger partial charge < -0.3 is 14.8 Å². The Morgan fingerprint density at radius 3 is 2.58 bits per heavy atom. The number of aromatic amines is 1. The largest absolute Gasteiger partial charge is 0.493 e. The Morgan fingerprint density at radius 2 is 1.88 bits per heavy atom. The first-order chi connectivity index (χ1) is 11.7. The van der Waals surface area contributed by atoms with Gasteiger partial charge in [0.25, 0.3) is 0 Å². The first-order valence-electron chi connectivity index (χ1n) is 7.38. The molecule has 0 bridgehead atoms. The predicted molar refractivity (Wildman–Crippen MR) is 87.4 cm³/mol. The second-order valence-electron chi connectivity index (χ2n) is 5.09. The molecule has 124 valence electrons. The van der Waals surface area contributed by atoms with Crippen LogP contribution in [0.5, 0.6) is 11.5 Å². The third-order valence-electron chi connectivity index (χ3n) is 3.41. The van der Waals surface area contributed by atoms with Crippen molar-refractivity contribution in [3.05, 3.63) is 65.7 Å². The molecule has 0 saturated carbocycles. The van der Waals surface area contributed by atoms with E-state index >= 15 is 0 Å². The SMILES string of the molecule is COc1cc(CNc2ncn[nH]2)ccc1OCc1ccc(F)cc1. The maximum atomic E-state index is 12.9. The minimum Gasteiger partial charge on any atom is -0.493 e. The van der Waals surface area contributed by atoms with E-state index in [4.69, 9.17) is 9.47 Å². The van der Waals surface area contributed by atoms with Gasteiger partial charge in [0.2, 0.25) is 5.95 Å². The minimum absolute atomic E-state index is 0.264. The summed E-state index contributed by atoms with van der Waals surface area (Å²) in [6, 6.07) is 11.9. The summed E-state index contributed by atoms with van der Waals surface area (Å²) in [7, 11) is 1.59. The Kier molecular flexibility index (Phi) is 4.90. The summed E-state index contributed by atoms with van der Waals surface area (Å²) in [4.78, 5) is 4.00. The fraction of sp³-hybridized carbons (Fsp3) is 0.176. The molecule has 0 unspecified atom stereocenters. The van der Waals surface area contributed by atoms with Crippen LogP contribution in [0.15, 0.2) is 48.8 Å². The van der Waals surface area contributed by atoms with Gasteiger partial charge in [0, 0.05) is 6.54 Å². The molecule has 7 heteroatoms. The van der Waals surface area contributed by atoms with Crippen LogP contribution in [0.4, 0.5) is 10.3 Å². The van der Waals surface area contributed by atoms with Crippen LogP contribution in [-0.2, 0) is 13.2 Å². The third kappa shape index (κ3) is 4.01. The van der Waals surface area contributed by atoms with Crippen molar-refractivity contribution in [2.24, 2.45) is 0 Å². The number of anilines is 1. The zero-order valence-corrected chi connectivity index (χ0v) is 13.1. The van der Waals surface area contributed by atoms with Crippen molar-refractivity contribution in [2.75, 3.05) is 12.4 Å². The van der Waals surface area contributed by atoms with E-state index in [1.54, 1.807) is 19.2 Å². The van der Waals surface area contributed by atoms with Gasteiger partial charge in [0.15, 0.2) is 11.5 Å². The summed E-state index contributed by atoms with van der Waals surface area (Å²) in [5, 5.41) is 9.62. The van der Waals surface area contributed by atoms with Crippen LogP contribution in [0.1, 0.15) is 11.1 Å². The molecule has 2 N–H and O–H groups in total. The number of nitrogens with zero attached hydrogens (tertiary/aromatic N) is 2. The van der Waals surface area contributed by atoms with Gasteiger partial charge >= 0.3 is 0 Å². The molecule has 0 saturated heterocycles. The van der Waals surface area contributed by atoms with Crippen LogP contribution in [0.2, 0.25) is 0 Å². The van der Waals surface area contributed by atoms with E-state index in [-0.39, 0.29) is 5.82 Å². The van der Waals surface area contributed by atoms with E-state index < -0.39 is 0 Å². The van der Waals surface area contributed by atoms with Gasteiger partial charge in [-0.3, -0.25) is 0 Å². The topological polar surface area (TPSA) is 72.1 Å². The average Bonchev–Trinajstić information content (AvgIpc) is 3.13. The summed E-state index contributed by atoms with van der Waals surface area (Å²) in [6.07, 6.45) is 1.44. The van der Waals surface area contributed by atoms with Gasteiger partial charge in [-0.15, -0.1) is 0 Å². The molecule has 0 aliphatic heterocycles. The molecule has 1 aromatic heterocycles. The Morgan fingerprint density at radius 1 is 1.08 bits per heavy atom. The molecule has 2 aromatic carbocycles. The Labute approximate surface area is 138 Å². The van der Waals surface area contributed by atoms with E-state index in [0.29, 0.717) is 30.6 Å². The Balaban J connectivity index is 1.63. The number of rotatable bonds is 7. The summed E-state index contributed by atoms with van der Waals surface area (Å²) < 4.78 is 24.1. The molecular weight excluding hydrogens is 311 g/mol. The van der Waals surface area contributed by atoms with Crippen molar-refractivity contribution in [2.45, 2.75) is 13.2 Å². The van der Waals surface area contributed by atoms with Crippen molar-refractivity contribution in [3.63, 3.8) is 0 Å². The molecule has 0 amide bonds. The molecular formula is C17H17FN4O2. The normalized spacial score (nSPS) is 10.4. The molecule has 0 aliphatic carbocycles. The third-order valence-corrected chi connectivity index (χ3v) is 3.41. The first-order valence-corrected chi connectivity index (χ1v) is 7.38. The van der Waals surface area contributed by atoms with Gasteiger partial charge in [-0.25, -0.2) is 14.5 Å². The van der Waals surface area contributed by atoms with Crippen molar-refractivity contribution >= 4 is 5.95 Å². The van der Waals surface area contributed by atoms with Crippen LogP contribution in [0, 0.1) is 5.82 Å². The lowest BCUT2D eigenvalue weighted by atomic mass is 10.2. The average molecular weight is 328 g/mol. The van der Waals surface area contributed by atoms with Crippen LogP contribution < -0.4 is 14.8 Å². The first kappa shape index (κ1) is 15.8. The molecule has 3 rings (SSSR count). The number of ether oxygens (including phenoxy) is 2. The number of halogens is 1. The number of methoxy groups -OCH3 is 1. The van der Waals surface area contributed by atoms with Crippen molar-refractivity contribution in [1.29, 1.82) is 0 Å². The number of hydrogen-bond acceptors (Lipinski definition) is 5. The van der Waals surface area contributed by atoms with Gasteiger partial charge in [0.05, 0.1) is 7.11 Å². The van der Waals surface area contributed by atoms with E-state index in [0.717, 1.165) is 11.1 Å². The molecule has 0 radical (unpaired) electrons. The molecule has 0 atom stereocenters. The standard InChI is InChI=1S/C17H17FN4O2/c1-23-16-8-13(9-19-17-20-11-21-22-17)4-7-15(16)24-10-12-2-5-14(18)6-3-12/h2-8,11H,9-10H2,1H3,(H2,19,20,21,22). The van der Waals surface area contributed by atoms with E-state index in [2.05, 4.69) is 20.5 Å². The van der Waals surface area contributed by atoms with Gasteiger partial charge in [-0.2, -0.15) is 5.10 Å². The van der Waals surface area contributed by atoms with Crippen LogP contribution >= 0.6 is 0 Å². The van der Waals surface area contributed by atoms with Crippen molar-refractivity contribution < 1.29 is 13.9 Å². The van der Waals surface area contributed by atoms with Crippen LogP contribution in [-0.4, -0.2) is 22.3 Å². The van der Waals surface area contributed by atoms with E-state index in [1.807, 2.05) is 18.2 Å². The van der Waals surface area contributed by atoms with Gasteiger partial charge in [-0.05, 0) is 35.4 Å². The maximum Gasteiger partial charge on any atom is 0.218 e. The van der Waals surface area contributed by atoms with Gasteiger partial charge in [0.1, 0.15) is 18.8 Å². The molecule has 24 heavy (non-hydrogen) atoms. The summed E-state index contributed by atoms with van der Waals surface area (Å²) in [6.45, 7) is 0.913. The maximum absolute atomic E-state index is 12.9. The molecule has 6 nitrogen and oxygen atoms in total. The Hall–Kier alpha value is -3.09. The lowest BCUT2D eigenvalue weighted by molar-refractivity contribution is 0.284. The van der Waals surface area contributed by atoms with E-state index in [1.165, 1.54) is 18.5 Å². The highest BCUT2D eigenvalue weighted by atomic mass is 19.1. The smallest absolute Gasteiger partial charge is 0.218 e. The quantitative estimate of drug-likeness (QED) is 0.697. The second-order valence-corrected chi connectivity index (χ2v) is 5.09. The fourth-order valence-electron chi connectivity index (χ4n) is 2.16. The number of nitrogens with one attached hydrogen (secondary N) is 2. The summed E-state index contributed by atoms with van der Waals surface area (Å²) >= 11 is 0. The molecule has 0 aliphatic rings. The molecule has 3 aromatic rings. The number of benzene rings is 2. The zero-order chi connectivity index (χ0) is 16.8. The van der Waals surface area contributed by atoms with Crippen molar-refractivity contribution in [1.82, 2.24) is 15.2 Å². The van der Waals surface area contributed by atoms with Crippen LogP contribution in [0.3, 0.4) is 0 Å². The van der Waals surface area contributed by atoms with E-state index in [9.17, 15) is 4.39 Å². The monoisotopic (exact) mass is 328 g/mol. The Bertz CT molecular complexity index is 776. The molecule has 1 heterocycles. The fourth-order valence-corrected chi connectivity index (χ4v) is 2.16.